The van der Waals surface area contributed by atoms with Crippen LogP contribution in [0.5, 0.6) is 0 Å². The number of hydrogen-bond donors (Lipinski definition) is 1. The molecule has 0 heterocycles. The number of phosphoric acid groups is 1. The summed E-state index contributed by atoms with van der Waals surface area (Å²) >= 11 is 0. The number of likely N-dealkylation sites (N-methyl/N-ethyl adjacent to an activating group) is 1. The molecule has 0 aromatic rings. The molecule has 510 valence electrons. The number of allylic oxidation sites excluding steroid dienone is 16. The van der Waals surface area contributed by atoms with Crippen molar-refractivity contribution in [2.24, 2.45) is 0 Å². The molecule has 0 aromatic carbocycles. The average molecular weight is 1250 g/mol. The zero-order chi connectivity index (χ0) is 64.1. The zero-order valence-corrected chi connectivity index (χ0v) is 59.1. The predicted octanol–water partition coefficient (Wildman–Crippen LogP) is 24.3. The maximum absolute atomic E-state index is 12.9. The molecule has 0 spiro atoms. The number of carbonyl (C=O) groups excluding carboxylic acids is 2. The van der Waals surface area contributed by atoms with Gasteiger partial charge in [-0.15, -0.1) is 0 Å². The van der Waals surface area contributed by atoms with Crippen molar-refractivity contribution in [1.82, 2.24) is 0 Å². The number of carbonyl (C=O) groups is 2. The lowest BCUT2D eigenvalue weighted by molar-refractivity contribution is -0.870. The van der Waals surface area contributed by atoms with Gasteiger partial charge in [-0.2, -0.15) is 0 Å². The Balaban J connectivity index is 4.00. The van der Waals surface area contributed by atoms with Crippen molar-refractivity contribution < 1.29 is 42.1 Å². The predicted molar refractivity (Wildman–Crippen MR) is 381 cm³/mol. The van der Waals surface area contributed by atoms with Crippen LogP contribution in [0.1, 0.15) is 335 Å². The number of phosphoric ester groups is 1. The van der Waals surface area contributed by atoms with E-state index in [1.54, 1.807) is 0 Å². The largest absolute Gasteiger partial charge is 0.472 e. The van der Waals surface area contributed by atoms with Gasteiger partial charge in [0.05, 0.1) is 27.7 Å². The lowest BCUT2D eigenvalue weighted by atomic mass is 10.0. The number of esters is 2. The molecule has 88 heavy (non-hydrogen) atoms. The van der Waals surface area contributed by atoms with Gasteiger partial charge in [0.2, 0.25) is 0 Å². The third-order valence-electron chi connectivity index (χ3n) is 16.1. The Morgan fingerprint density at radius 3 is 0.966 bits per heavy atom. The molecule has 0 aliphatic rings. The highest BCUT2D eigenvalue weighted by Crippen LogP contribution is 2.43. The van der Waals surface area contributed by atoms with Crippen LogP contribution in [0.4, 0.5) is 0 Å². The van der Waals surface area contributed by atoms with Crippen molar-refractivity contribution in [2.75, 3.05) is 47.5 Å². The fourth-order valence-electron chi connectivity index (χ4n) is 10.5. The molecule has 1 N–H and O–H groups in total. The fourth-order valence-corrected chi connectivity index (χ4v) is 11.2. The molecule has 10 heteroatoms. The number of rotatable bonds is 68. The maximum atomic E-state index is 12.9. The standard InChI is InChI=1S/C78H140NO8P/c1-6-8-10-12-14-16-18-20-22-24-26-28-30-32-34-36-38-39-41-43-45-47-49-51-53-55-57-59-61-63-65-67-69-71-78(81)87-76(75-86-88(82,83)85-73-72-79(3,4)5)74-84-77(80)70-68-66-64-62-60-58-56-54-52-50-48-46-44-42-40-37-35-33-31-29-27-25-23-21-19-17-15-13-11-9-7-2/h8,10,14,16,19-22,25-28,31-34,76H,6-7,9,11-13,15,17-18,23-24,29-30,35-75H2,1-5H3/p+1/b10-8-,16-14-,21-19-,22-20-,27-25-,28-26-,33-31-,34-32-. The van der Waals surface area contributed by atoms with E-state index in [2.05, 4.69) is 111 Å². The zero-order valence-electron chi connectivity index (χ0n) is 58.2. The molecule has 0 fully saturated rings. The summed E-state index contributed by atoms with van der Waals surface area (Å²) in [5, 5.41) is 0. The number of quaternary nitrogens is 1. The van der Waals surface area contributed by atoms with E-state index in [0.717, 1.165) is 77.0 Å². The van der Waals surface area contributed by atoms with Crippen LogP contribution in [0.25, 0.3) is 0 Å². The first-order chi connectivity index (χ1) is 43.0. The molecule has 0 saturated carbocycles. The first-order valence-corrected chi connectivity index (χ1v) is 38.5. The highest BCUT2D eigenvalue weighted by atomic mass is 31.2. The van der Waals surface area contributed by atoms with Crippen LogP contribution in [0.2, 0.25) is 0 Å². The minimum Gasteiger partial charge on any atom is -0.462 e. The van der Waals surface area contributed by atoms with Crippen LogP contribution in [0, 0.1) is 0 Å². The van der Waals surface area contributed by atoms with Crippen molar-refractivity contribution in [1.29, 1.82) is 0 Å². The molecule has 0 aliphatic carbocycles. The van der Waals surface area contributed by atoms with Gasteiger partial charge in [-0.1, -0.05) is 323 Å². The highest BCUT2D eigenvalue weighted by molar-refractivity contribution is 7.47. The quantitative estimate of drug-likeness (QED) is 0.0211. The summed E-state index contributed by atoms with van der Waals surface area (Å²) in [6, 6.07) is 0. The van der Waals surface area contributed by atoms with E-state index >= 15 is 0 Å². The Bertz CT molecular complexity index is 1810. The summed E-state index contributed by atoms with van der Waals surface area (Å²) < 4.78 is 34.8. The number of nitrogens with zero attached hydrogens (tertiary/aromatic N) is 1. The smallest absolute Gasteiger partial charge is 0.462 e. The molecule has 0 bridgehead atoms. The minimum absolute atomic E-state index is 0.0304. The van der Waals surface area contributed by atoms with E-state index in [4.69, 9.17) is 18.5 Å². The van der Waals surface area contributed by atoms with Crippen LogP contribution in [0.15, 0.2) is 97.2 Å². The van der Waals surface area contributed by atoms with E-state index in [-0.39, 0.29) is 32.0 Å². The van der Waals surface area contributed by atoms with E-state index < -0.39 is 26.5 Å². The van der Waals surface area contributed by atoms with Gasteiger partial charge in [0.15, 0.2) is 6.10 Å². The Hall–Kier alpha value is -3.07. The minimum atomic E-state index is -4.40. The van der Waals surface area contributed by atoms with Gasteiger partial charge in [-0.05, 0) is 96.3 Å². The fraction of sp³-hybridized carbons (Fsp3) is 0.769. The molecular weight excluding hydrogens is 1110 g/mol. The molecule has 2 atom stereocenters. The topological polar surface area (TPSA) is 108 Å². The van der Waals surface area contributed by atoms with Crippen LogP contribution >= 0.6 is 7.82 Å². The third kappa shape index (κ3) is 72.0. The molecular formula is C78H141NO8P+. The summed E-state index contributed by atoms with van der Waals surface area (Å²) in [6.07, 6.45) is 95.2. The van der Waals surface area contributed by atoms with Gasteiger partial charge in [0, 0.05) is 12.8 Å². The van der Waals surface area contributed by atoms with Gasteiger partial charge in [0.25, 0.3) is 0 Å². The van der Waals surface area contributed by atoms with E-state index in [9.17, 15) is 19.0 Å². The second-order valence-corrected chi connectivity index (χ2v) is 27.4. The summed E-state index contributed by atoms with van der Waals surface area (Å²) in [7, 11) is 1.48. The van der Waals surface area contributed by atoms with E-state index in [1.807, 2.05) is 21.1 Å². The first-order valence-electron chi connectivity index (χ1n) is 37.0. The number of ether oxygens (including phenoxy) is 2. The number of unbranched alkanes of at least 4 members (excludes halogenated alkanes) is 38. The molecule has 0 aliphatic heterocycles. The lowest BCUT2D eigenvalue weighted by Gasteiger charge is -2.24. The molecule has 0 aromatic heterocycles. The van der Waals surface area contributed by atoms with Crippen LogP contribution in [-0.2, 0) is 32.7 Å². The Labute approximate surface area is 544 Å². The molecule has 0 saturated heterocycles. The monoisotopic (exact) mass is 1250 g/mol. The van der Waals surface area contributed by atoms with Gasteiger partial charge >= 0.3 is 19.8 Å². The first kappa shape index (κ1) is 84.9. The van der Waals surface area contributed by atoms with Gasteiger partial charge in [0.1, 0.15) is 19.8 Å². The molecule has 0 rings (SSSR count). The van der Waals surface area contributed by atoms with Crippen LogP contribution in [-0.4, -0.2) is 74.9 Å². The third-order valence-corrected chi connectivity index (χ3v) is 17.1. The van der Waals surface area contributed by atoms with Crippen molar-refractivity contribution in [3.63, 3.8) is 0 Å². The number of hydrogen-bond acceptors (Lipinski definition) is 7. The van der Waals surface area contributed by atoms with Gasteiger partial charge < -0.3 is 18.9 Å². The van der Waals surface area contributed by atoms with Crippen molar-refractivity contribution in [3.8, 4) is 0 Å². The maximum Gasteiger partial charge on any atom is 0.472 e. The van der Waals surface area contributed by atoms with Crippen molar-refractivity contribution >= 4 is 19.8 Å². The molecule has 9 nitrogen and oxygen atoms in total. The molecule has 2 unspecified atom stereocenters. The van der Waals surface area contributed by atoms with Crippen molar-refractivity contribution in [2.45, 2.75) is 341 Å². The summed E-state index contributed by atoms with van der Waals surface area (Å²) in [4.78, 5) is 35.9. The Morgan fingerprint density at radius 1 is 0.364 bits per heavy atom. The van der Waals surface area contributed by atoms with Crippen LogP contribution in [0.3, 0.4) is 0 Å². The second-order valence-electron chi connectivity index (χ2n) is 25.9. The average Bonchev–Trinajstić information content (AvgIpc) is 3.56. The lowest BCUT2D eigenvalue weighted by Crippen LogP contribution is -2.37. The normalized spacial score (nSPS) is 13.7. The van der Waals surface area contributed by atoms with Gasteiger partial charge in [-0.3, -0.25) is 18.6 Å². The Kier molecular flexibility index (Phi) is 65.9. The van der Waals surface area contributed by atoms with E-state index in [1.165, 1.54) is 225 Å². The highest BCUT2D eigenvalue weighted by Gasteiger charge is 2.27. The van der Waals surface area contributed by atoms with Crippen LogP contribution < -0.4 is 0 Å². The second kappa shape index (κ2) is 68.3. The van der Waals surface area contributed by atoms with Gasteiger partial charge in [-0.25, -0.2) is 4.57 Å². The van der Waals surface area contributed by atoms with Crippen molar-refractivity contribution in [3.05, 3.63) is 97.2 Å². The summed E-state index contributed by atoms with van der Waals surface area (Å²) in [5.41, 5.74) is 0. The Morgan fingerprint density at radius 2 is 0.648 bits per heavy atom. The SMILES string of the molecule is CC/C=C\C/C=C\C/C=C\C/C=C\C/C=C\CCCCCCCCCCCCCCCCCCCC(=O)OC(COC(=O)CCCCCCCCCCCCCCCCCC/C=C\C/C=C\C/C=C\CCCCCCC)COP(=O)(O)OCC[N+](C)(C)C. The summed E-state index contributed by atoms with van der Waals surface area (Å²) in [5.74, 6) is -0.786. The molecule has 0 amide bonds. The van der Waals surface area contributed by atoms with E-state index in [0.29, 0.717) is 17.4 Å². The summed E-state index contributed by atoms with van der Waals surface area (Å²) in [6.45, 7) is 4.35. The molecule has 0 radical (unpaired) electrons.